The molecule has 4 aromatic rings. The van der Waals surface area contributed by atoms with E-state index >= 15 is 0 Å². The van der Waals surface area contributed by atoms with Crippen molar-refractivity contribution in [2.24, 2.45) is 0 Å². The van der Waals surface area contributed by atoms with Crippen LogP contribution in [0.2, 0.25) is 0 Å². The average molecular weight is 473 g/mol. The van der Waals surface area contributed by atoms with Crippen molar-refractivity contribution in [3.63, 3.8) is 0 Å². The van der Waals surface area contributed by atoms with Gasteiger partial charge in [-0.25, -0.2) is 14.6 Å². The number of nitrogens with zero attached hydrogens (tertiary/aromatic N) is 3. The Hall–Kier alpha value is -4.53. The Bertz CT molecular complexity index is 1460. The third-order valence-corrected chi connectivity index (χ3v) is 5.49. The van der Waals surface area contributed by atoms with Crippen LogP contribution < -0.4 is 5.32 Å². The Morgan fingerprint density at radius 1 is 0.971 bits per heavy atom. The summed E-state index contributed by atoms with van der Waals surface area (Å²) in [4.78, 5) is 42.4. The van der Waals surface area contributed by atoms with Gasteiger partial charge < -0.3 is 14.8 Å². The van der Waals surface area contributed by atoms with E-state index in [0.717, 1.165) is 22.0 Å². The minimum Gasteiger partial charge on any atom is -0.465 e. The van der Waals surface area contributed by atoms with Crippen LogP contribution >= 0.6 is 0 Å². The van der Waals surface area contributed by atoms with E-state index in [1.54, 1.807) is 25.1 Å². The van der Waals surface area contributed by atoms with Gasteiger partial charge in [-0.3, -0.25) is 4.79 Å². The number of hydrogen-bond acceptors (Lipinski definition) is 7. The molecular weight excluding hydrogens is 448 g/mol. The molecule has 0 spiro atoms. The summed E-state index contributed by atoms with van der Waals surface area (Å²) < 4.78 is 11.3. The smallest absolute Gasteiger partial charge is 0.343 e. The second-order valence-electron chi connectivity index (χ2n) is 7.83. The first kappa shape index (κ1) is 23.6. The summed E-state index contributed by atoms with van der Waals surface area (Å²) in [5.74, 6) is -1.21. The standard InChI is InChI=1S/C26H24N4O5/c1-5-35-26(33)20-14-27-30(21-12-16(3)19-11-6-8-15(2)22(19)28-21)23(20)29-24(31)17-9-7-10-18(13-17)25(32)34-4/h6-14H,5H2,1-4H3,(H,29,31). The maximum atomic E-state index is 13.1. The highest BCUT2D eigenvalue weighted by Crippen LogP contribution is 2.26. The molecule has 0 unspecified atom stereocenters. The monoisotopic (exact) mass is 472 g/mol. The number of nitrogens with one attached hydrogen (secondary N) is 1. The van der Waals surface area contributed by atoms with Gasteiger partial charge in [-0.15, -0.1) is 0 Å². The number of methoxy groups -OCH3 is 1. The number of carbonyl (C=O) groups is 3. The number of hydrogen-bond donors (Lipinski definition) is 1. The molecule has 35 heavy (non-hydrogen) atoms. The van der Waals surface area contributed by atoms with Gasteiger partial charge in [0.1, 0.15) is 5.56 Å². The third kappa shape index (κ3) is 4.61. The van der Waals surface area contributed by atoms with Gasteiger partial charge in [0.2, 0.25) is 0 Å². The number of pyridine rings is 1. The maximum absolute atomic E-state index is 13.1. The number of aromatic nitrogens is 3. The Labute approximate surface area is 201 Å². The molecule has 0 fully saturated rings. The van der Waals surface area contributed by atoms with Crippen molar-refractivity contribution in [3.8, 4) is 5.82 Å². The van der Waals surface area contributed by atoms with E-state index in [9.17, 15) is 14.4 Å². The lowest BCUT2D eigenvalue weighted by molar-refractivity contribution is 0.0526. The SMILES string of the molecule is CCOC(=O)c1cnn(-c2cc(C)c3cccc(C)c3n2)c1NC(=O)c1cccc(C(=O)OC)c1. The number of amides is 1. The second-order valence-corrected chi connectivity index (χ2v) is 7.83. The fourth-order valence-electron chi connectivity index (χ4n) is 3.74. The van der Waals surface area contributed by atoms with Crippen LogP contribution in [0.15, 0.2) is 54.7 Å². The third-order valence-electron chi connectivity index (χ3n) is 5.49. The number of ether oxygens (including phenoxy) is 2. The first-order valence-corrected chi connectivity index (χ1v) is 11.0. The summed E-state index contributed by atoms with van der Waals surface area (Å²) >= 11 is 0. The summed E-state index contributed by atoms with van der Waals surface area (Å²) in [5, 5.41) is 8.08. The van der Waals surface area contributed by atoms with E-state index in [0.29, 0.717) is 5.82 Å². The van der Waals surface area contributed by atoms with Crippen molar-refractivity contribution in [1.29, 1.82) is 0 Å². The number of anilines is 1. The van der Waals surface area contributed by atoms with Crippen molar-refractivity contribution in [2.75, 3.05) is 19.0 Å². The summed E-state index contributed by atoms with van der Waals surface area (Å²) in [6.07, 6.45) is 1.33. The second kappa shape index (κ2) is 9.76. The zero-order valence-corrected chi connectivity index (χ0v) is 19.8. The van der Waals surface area contributed by atoms with Gasteiger partial charge in [-0.2, -0.15) is 9.78 Å². The summed E-state index contributed by atoms with van der Waals surface area (Å²) in [6, 6.07) is 13.8. The maximum Gasteiger partial charge on any atom is 0.343 e. The molecule has 178 valence electrons. The normalized spacial score (nSPS) is 10.7. The Morgan fingerprint density at radius 2 is 1.71 bits per heavy atom. The Kier molecular flexibility index (Phi) is 6.59. The number of para-hydroxylation sites is 1. The molecule has 4 rings (SSSR count). The van der Waals surface area contributed by atoms with Crippen LogP contribution in [0.25, 0.3) is 16.7 Å². The number of fused-ring (bicyclic) bond motifs is 1. The zero-order chi connectivity index (χ0) is 25.1. The van der Waals surface area contributed by atoms with Crippen LogP contribution in [0.4, 0.5) is 5.82 Å². The van der Waals surface area contributed by atoms with Crippen LogP contribution in [0, 0.1) is 13.8 Å². The van der Waals surface area contributed by atoms with Gasteiger partial charge in [0, 0.05) is 10.9 Å². The highest BCUT2D eigenvalue weighted by atomic mass is 16.5. The van der Waals surface area contributed by atoms with Gasteiger partial charge in [0.15, 0.2) is 11.6 Å². The van der Waals surface area contributed by atoms with Crippen molar-refractivity contribution in [1.82, 2.24) is 14.8 Å². The van der Waals surface area contributed by atoms with Crippen LogP contribution in [0.5, 0.6) is 0 Å². The topological polar surface area (TPSA) is 112 Å². The van der Waals surface area contributed by atoms with E-state index in [-0.39, 0.29) is 29.1 Å². The molecule has 0 bridgehead atoms. The molecule has 0 aliphatic heterocycles. The minimum atomic E-state index is -0.633. The molecule has 0 aliphatic rings. The zero-order valence-electron chi connectivity index (χ0n) is 19.8. The average Bonchev–Trinajstić information content (AvgIpc) is 3.27. The van der Waals surface area contributed by atoms with Crippen LogP contribution in [-0.4, -0.2) is 46.3 Å². The molecule has 0 saturated carbocycles. The molecule has 2 aromatic heterocycles. The molecular formula is C26H24N4O5. The van der Waals surface area contributed by atoms with Crippen LogP contribution in [0.1, 0.15) is 49.1 Å². The van der Waals surface area contributed by atoms with Crippen molar-refractivity contribution in [2.45, 2.75) is 20.8 Å². The highest BCUT2D eigenvalue weighted by molar-refractivity contribution is 6.08. The van der Waals surface area contributed by atoms with E-state index in [1.165, 1.54) is 24.1 Å². The van der Waals surface area contributed by atoms with Gasteiger partial charge in [-0.1, -0.05) is 24.3 Å². The summed E-state index contributed by atoms with van der Waals surface area (Å²) in [5.41, 5.74) is 3.24. The molecule has 9 nitrogen and oxygen atoms in total. The number of rotatable bonds is 6. The van der Waals surface area contributed by atoms with Gasteiger partial charge >= 0.3 is 11.9 Å². The molecule has 2 aromatic carbocycles. The molecule has 2 heterocycles. The summed E-state index contributed by atoms with van der Waals surface area (Å²) in [7, 11) is 1.26. The number of carbonyl (C=O) groups excluding carboxylic acids is 3. The molecule has 1 N–H and O–H groups in total. The number of benzene rings is 2. The number of esters is 2. The van der Waals surface area contributed by atoms with Gasteiger partial charge in [0.25, 0.3) is 5.91 Å². The Morgan fingerprint density at radius 3 is 2.46 bits per heavy atom. The first-order valence-electron chi connectivity index (χ1n) is 11.0. The lowest BCUT2D eigenvalue weighted by atomic mass is 10.1. The van der Waals surface area contributed by atoms with Gasteiger partial charge in [-0.05, 0) is 56.2 Å². The molecule has 9 heteroatoms. The summed E-state index contributed by atoms with van der Waals surface area (Å²) in [6.45, 7) is 5.77. The predicted molar refractivity (Wildman–Crippen MR) is 130 cm³/mol. The quantitative estimate of drug-likeness (QED) is 0.417. The predicted octanol–water partition coefficient (Wildman–Crippen LogP) is 4.25. The molecule has 0 atom stereocenters. The first-order chi connectivity index (χ1) is 16.8. The van der Waals surface area contributed by atoms with Crippen LogP contribution in [-0.2, 0) is 9.47 Å². The molecule has 0 aliphatic carbocycles. The fourth-order valence-corrected chi connectivity index (χ4v) is 3.74. The molecule has 1 amide bonds. The fraction of sp³-hybridized carbons (Fsp3) is 0.192. The molecule has 0 saturated heterocycles. The van der Waals surface area contributed by atoms with Crippen molar-refractivity contribution >= 4 is 34.6 Å². The van der Waals surface area contributed by atoms with E-state index in [1.807, 2.05) is 38.1 Å². The number of aryl methyl sites for hydroxylation is 2. The van der Waals surface area contributed by atoms with Gasteiger partial charge in [0.05, 0.1) is 31.0 Å². The lowest BCUT2D eigenvalue weighted by Gasteiger charge is -2.13. The van der Waals surface area contributed by atoms with E-state index in [4.69, 9.17) is 14.5 Å². The highest BCUT2D eigenvalue weighted by Gasteiger charge is 2.23. The van der Waals surface area contributed by atoms with E-state index < -0.39 is 17.8 Å². The van der Waals surface area contributed by atoms with Crippen molar-refractivity contribution < 1.29 is 23.9 Å². The Balaban J connectivity index is 1.81. The lowest BCUT2D eigenvalue weighted by Crippen LogP contribution is -2.19. The van der Waals surface area contributed by atoms with E-state index in [2.05, 4.69) is 10.4 Å². The largest absolute Gasteiger partial charge is 0.465 e. The molecule has 0 radical (unpaired) electrons. The minimum absolute atomic E-state index is 0.0775. The van der Waals surface area contributed by atoms with Crippen molar-refractivity contribution in [3.05, 3.63) is 82.5 Å². The van der Waals surface area contributed by atoms with Crippen LogP contribution in [0.3, 0.4) is 0 Å².